The third kappa shape index (κ3) is 3.23. The summed E-state index contributed by atoms with van der Waals surface area (Å²) in [7, 11) is -3.95. The Labute approximate surface area is 153 Å². The van der Waals surface area contributed by atoms with E-state index in [1.165, 1.54) is 24.3 Å². The molecule has 3 rings (SSSR count). The number of nitrogens with one attached hydrogen (secondary N) is 1. The first-order chi connectivity index (χ1) is 12.6. The van der Waals surface area contributed by atoms with Crippen molar-refractivity contribution in [2.45, 2.75) is 36.7 Å². The number of nitro groups is 1. The van der Waals surface area contributed by atoms with E-state index in [2.05, 4.69) is 5.32 Å². The number of carbonyl (C=O) groups is 3. The third-order valence-electron chi connectivity index (χ3n) is 4.38. The van der Waals surface area contributed by atoms with Gasteiger partial charge in [0.1, 0.15) is 12.0 Å². The molecule has 0 bridgehead atoms. The van der Waals surface area contributed by atoms with Gasteiger partial charge in [-0.05, 0) is 17.7 Å². The highest BCUT2D eigenvalue weighted by atomic mass is 32.2. The highest BCUT2D eigenvalue weighted by Crippen LogP contribution is 2.39. The standard InChI is InChI=1S/C15H15N3O8S/c1-8(19)16-14-13(17-11(20)6-12(17)27(14,24)25)15(21)26-7-9-2-4-10(5-3-9)18(22)23/h2-5,12-14H,6-7H2,1H3,(H,16,19)/t12-,13?,14?/m1/s1. The van der Waals surface area contributed by atoms with Crippen LogP contribution in [0.3, 0.4) is 0 Å². The number of esters is 1. The number of non-ortho nitro benzene ring substituents is 1. The molecule has 0 aliphatic carbocycles. The predicted molar refractivity (Wildman–Crippen MR) is 88.5 cm³/mol. The summed E-state index contributed by atoms with van der Waals surface area (Å²) >= 11 is 0. The minimum absolute atomic E-state index is 0.133. The van der Waals surface area contributed by atoms with Gasteiger partial charge in [0.05, 0.1) is 11.3 Å². The summed E-state index contributed by atoms with van der Waals surface area (Å²) in [5, 5.41) is 10.1. The van der Waals surface area contributed by atoms with Gasteiger partial charge in [-0.3, -0.25) is 19.7 Å². The van der Waals surface area contributed by atoms with Crippen LogP contribution < -0.4 is 5.32 Å². The molecule has 2 unspecified atom stereocenters. The second-order valence-corrected chi connectivity index (χ2v) is 8.38. The fraction of sp³-hybridized carbons (Fsp3) is 0.400. The van der Waals surface area contributed by atoms with E-state index < -0.39 is 49.3 Å². The number of benzene rings is 1. The molecule has 27 heavy (non-hydrogen) atoms. The third-order valence-corrected chi connectivity index (χ3v) is 6.62. The predicted octanol–water partition coefficient (Wildman–Crippen LogP) is -0.544. The fourth-order valence-corrected chi connectivity index (χ4v) is 5.27. The summed E-state index contributed by atoms with van der Waals surface area (Å²) in [4.78, 5) is 46.6. The maximum absolute atomic E-state index is 12.5. The molecule has 2 amide bonds. The van der Waals surface area contributed by atoms with Crippen LogP contribution in [0.5, 0.6) is 0 Å². The molecule has 12 heteroatoms. The van der Waals surface area contributed by atoms with Crippen LogP contribution in [0.2, 0.25) is 0 Å². The lowest BCUT2D eigenvalue weighted by molar-refractivity contribution is -0.384. The molecule has 0 aromatic heterocycles. The summed E-state index contributed by atoms with van der Waals surface area (Å²) in [6.45, 7) is 0.832. The lowest BCUT2D eigenvalue weighted by atomic mass is 10.1. The summed E-state index contributed by atoms with van der Waals surface area (Å²) in [6, 6.07) is 3.78. The first kappa shape index (κ1) is 18.8. The Morgan fingerprint density at radius 1 is 1.33 bits per heavy atom. The monoisotopic (exact) mass is 397 g/mol. The minimum atomic E-state index is -3.95. The van der Waals surface area contributed by atoms with E-state index in [1.807, 2.05) is 0 Å². The van der Waals surface area contributed by atoms with Gasteiger partial charge < -0.3 is 15.0 Å². The number of fused-ring (bicyclic) bond motifs is 1. The summed E-state index contributed by atoms with van der Waals surface area (Å²) in [5.41, 5.74) is 0.309. The largest absolute Gasteiger partial charge is 0.459 e. The van der Waals surface area contributed by atoms with Crippen LogP contribution in [-0.4, -0.2) is 52.8 Å². The molecule has 2 heterocycles. The van der Waals surface area contributed by atoms with Crippen LogP contribution in [0.25, 0.3) is 0 Å². The van der Waals surface area contributed by atoms with Crippen molar-refractivity contribution in [2.24, 2.45) is 0 Å². The van der Waals surface area contributed by atoms with E-state index in [9.17, 15) is 32.9 Å². The molecule has 1 aromatic carbocycles. The number of carbonyl (C=O) groups excluding carboxylic acids is 3. The van der Waals surface area contributed by atoms with Gasteiger partial charge in [-0.25, -0.2) is 13.2 Å². The quantitative estimate of drug-likeness (QED) is 0.301. The van der Waals surface area contributed by atoms with E-state index in [-0.39, 0.29) is 18.7 Å². The Morgan fingerprint density at radius 3 is 2.48 bits per heavy atom. The SMILES string of the molecule is CC(=O)NC1C(C(=O)OCc2ccc([N+](=O)[O-])cc2)N2C(=O)C[C@H]2S1(=O)=O. The van der Waals surface area contributed by atoms with Crippen molar-refractivity contribution >= 4 is 33.3 Å². The number of sulfone groups is 1. The lowest BCUT2D eigenvalue weighted by Gasteiger charge is -2.35. The normalized spacial score (nSPS) is 25.3. The van der Waals surface area contributed by atoms with Crippen LogP contribution in [0, 0.1) is 10.1 Å². The van der Waals surface area contributed by atoms with E-state index in [0.29, 0.717) is 5.56 Å². The fourth-order valence-electron chi connectivity index (χ4n) is 3.06. The molecule has 3 atom stereocenters. The van der Waals surface area contributed by atoms with E-state index in [0.717, 1.165) is 11.8 Å². The summed E-state index contributed by atoms with van der Waals surface area (Å²) in [6.07, 6.45) is -0.245. The van der Waals surface area contributed by atoms with Crippen LogP contribution in [-0.2, 0) is 35.6 Å². The van der Waals surface area contributed by atoms with Crippen LogP contribution in [0.15, 0.2) is 24.3 Å². The molecular weight excluding hydrogens is 382 g/mol. The smallest absolute Gasteiger partial charge is 0.332 e. The van der Waals surface area contributed by atoms with Gasteiger partial charge in [-0.2, -0.15) is 0 Å². The molecule has 2 saturated heterocycles. The van der Waals surface area contributed by atoms with Crippen molar-refractivity contribution < 1.29 is 32.5 Å². The molecule has 2 fully saturated rings. The Hall–Kier alpha value is -3.02. The molecule has 2 aliphatic rings. The van der Waals surface area contributed by atoms with Crippen molar-refractivity contribution in [3.8, 4) is 0 Å². The molecular formula is C15H15N3O8S. The topological polar surface area (TPSA) is 153 Å². The minimum Gasteiger partial charge on any atom is -0.459 e. The Bertz CT molecular complexity index is 927. The first-order valence-corrected chi connectivity index (χ1v) is 9.45. The number of ether oxygens (including phenoxy) is 1. The van der Waals surface area contributed by atoms with Gasteiger partial charge >= 0.3 is 5.97 Å². The molecule has 1 aromatic rings. The maximum Gasteiger partial charge on any atom is 0.332 e. The average Bonchev–Trinajstić information content (AvgIpc) is 2.76. The van der Waals surface area contributed by atoms with E-state index >= 15 is 0 Å². The number of hydrogen-bond acceptors (Lipinski definition) is 8. The van der Waals surface area contributed by atoms with Crippen LogP contribution in [0.4, 0.5) is 5.69 Å². The van der Waals surface area contributed by atoms with Gasteiger partial charge in [0.25, 0.3) is 5.69 Å². The van der Waals surface area contributed by atoms with Gasteiger partial charge in [-0.1, -0.05) is 0 Å². The second kappa shape index (κ2) is 6.61. The molecule has 11 nitrogen and oxygen atoms in total. The Morgan fingerprint density at radius 2 is 1.96 bits per heavy atom. The van der Waals surface area contributed by atoms with Gasteiger partial charge in [-0.15, -0.1) is 0 Å². The second-order valence-electron chi connectivity index (χ2n) is 6.15. The average molecular weight is 397 g/mol. The zero-order chi connectivity index (χ0) is 19.9. The lowest BCUT2D eigenvalue weighted by Crippen LogP contribution is -2.57. The summed E-state index contributed by atoms with van der Waals surface area (Å²) in [5.74, 6) is -2.16. The van der Waals surface area contributed by atoms with Crippen molar-refractivity contribution in [1.29, 1.82) is 0 Å². The maximum atomic E-state index is 12.5. The molecule has 0 saturated carbocycles. The summed E-state index contributed by atoms with van der Waals surface area (Å²) < 4.78 is 30.0. The Kier molecular flexibility index (Phi) is 4.59. The highest BCUT2D eigenvalue weighted by molar-refractivity contribution is 7.93. The zero-order valence-electron chi connectivity index (χ0n) is 14.0. The van der Waals surface area contributed by atoms with Crippen LogP contribution >= 0.6 is 0 Å². The number of rotatable bonds is 5. The van der Waals surface area contributed by atoms with Crippen molar-refractivity contribution in [3.63, 3.8) is 0 Å². The van der Waals surface area contributed by atoms with Crippen LogP contribution in [0.1, 0.15) is 18.9 Å². The number of amides is 2. The Balaban J connectivity index is 1.76. The molecule has 0 spiro atoms. The number of β-lactam (4-membered cyclic amide) rings is 1. The molecule has 1 N–H and O–H groups in total. The van der Waals surface area contributed by atoms with Gasteiger partial charge in [0, 0.05) is 19.1 Å². The van der Waals surface area contributed by atoms with Crippen molar-refractivity contribution in [3.05, 3.63) is 39.9 Å². The van der Waals surface area contributed by atoms with Gasteiger partial charge in [0.15, 0.2) is 21.3 Å². The number of hydrogen-bond donors (Lipinski definition) is 1. The number of nitrogens with zero attached hydrogens (tertiary/aromatic N) is 2. The highest BCUT2D eigenvalue weighted by Gasteiger charge is 2.64. The van der Waals surface area contributed by atoms with Gasteiger partial charge in [0.2, 0.25) is 11.8 Å². The van der Waals surface area contributed by atoms with E-state index in [1.54, 1.807) is 0 Å². The number of nitro benzene ring substituents is 1. The van der Waals surface area contributed by atoms with Crippen molar-refractivity contribution in [1.82, 2.24) is 10.2 Å². The molecule has 2 aliphatic heterocycles. The molecule has 144 valence electrons. The zero-order valence-corrected chi connectivity index (χ0v) is 14.8. The molecule has 0 radical (unpaired) electrons. The first-order valence-electron chi connectivity index (χ1n) is 7.84. The van der Waals surface area contributed by atoms with E-state index in [4.69, 9.17) is 4.74 Å². The van der Waals surface area contributed by atoms with Crippen molar-refractivity contribution in [2.75, 3.05) is 0 Å².